The zero-order valence-electron chi connectivity index (χ0n) is 9.56. The van der Waals surface area contributed by atoms with Crippen LogP contribution in [0.1, 0.15) is 44.9 Å². The summed E-state index contributed by atoms with van der Waals surface area (Å²) in [5.41, 5.74) is -0.571. The minimum Gasteiger partial charge on any atom is -0.481 e. The normalized spacial score (nSPS) is 51.1. The number of fused-ring (bicyclic) bond motifs is 2. The molecule has 2 bridgehead atoms. The van der Waals surface area contributed by atoms with Crippen molar-refractivity contribution in [1.29, 1.82) is 0 Å². The van der Waals surface area contributed by atoms with Gasteiger partial charge in [0.2, 0.25) is 0 Å². The highest BCUT2D eigenvalue weighted by molar-refractivity contribution is 5.76. The van der Waals surface area contributed by atoms with Gasteiger partial charge in [-0.3, -0.25) is 4.79 Å². The van der Waals surface area contributed by atoms with E-state index in [-0.39, 0.29) is 12.0 Å². The average molecular weight is 224 g/mol. The molecule has 16 heavy (non-hydrogen) atoms. The Bertz CT molecular complexity index is 314. The molecule has 90 valence electrons. The Morgan fingerprint density at radius 1 is 1.19 bits per heavy atom. The van der Waals surface area contributed by atoms with Gasteiger partial charge in [0.15, 0.2) is 0 Å². The Kier molecular flexibility index (Phi) is 2.29. The van der Waals surface area contributed by atoms with Crippen LogP contribution in [0, 0.1) is 23.2 Å². The van der Waals surface area contributed by atoms with Crippen LogP contribution < -0.4 is 0 Å². The Hall–Kier alpha value is -0.570. The van der Waals surface area contributed by atoms with E-state index in [0.29, 0.717) is 11.8 Å². The Morgan fingerprint density at radius 3 is 2.44 bits per heavy atom. The van der Waals surface area contributed by atoms with Crippen LogP contribution in [0.3, 0.4) is 0 Å². The lowest BCUT2D eigenvalue weighted by Crippen LogP contribution is -2.46. The second-order valence-electron chi connectivity index (χ2n) is 6.03. The Balaban J connectivity index is 1.94. The predicted molar refractivity (Wildman–Crippen MR) is 58.9 cm³/mol. The molecular weight excluding hydrogens is 204 g/mol. The summed E-state index contributed by atoms with van der Waals surface area (Å²) in [7, 11) is 0. The zero-order valence-corrected chi connectivity index (χ0v) is 9.56. The molecule has 5 unspecified atom stereocenters. The van der Waals surface area contributed by atoms with E-state index in [1.807, 2.05) is 0 Å². The predicted octanol–water partition coefficient (Wildman–Crippen LogP) is 2.04. The summed E-state index contributed by atoms with van der Waals surface area (Å²) in [4.78, 5) is 11.7. The highest BCUT2D eigenvalue weighted by Crippen LogP contribution is 2.62. The van der Waals surface area contributed by atoms with Crippen LogP contribution in [0.25, 0.3) is 0 Å². The van der Waals surface area contributed by atoms with Crippen molar-refractivity contribution in [3.05, 3.63) is 0 Å². The lowest BCUT2D eigenvalue weighted by atomic mass is 9.63. The number of hydrogen-bond acceptors (Lipinski definition) is 2. The van der Waals surface area contributed by atoms with Gasteiger partial charge in [0.25, 0.3) is 0 Å². The van der Waals surface area contributed by atoms with Crippen LogP contribution in [0.5, 0.6) is 0 Å². The van der Waals surface area contributed by atoms with Crippen molar-refractivity contribution in [2.24, 2.45) is 23.2 Å². The van der Waals surface area contributed by atoms with Crippen molar-refractivity contribution in [3.8, 4) is 0 Å². The first kappa shape index (κ1) is 10.6. The van der Waals surface area contributed by atoms with E-state index < -0.39 is 11.4 Å². The molecule has 0 heterocycles. The van der Waals surface area contributed by atoms with E-state index in [1.165, 1.54) is 6.42 Å². The number of hydrogen-bond donors (Lipinski definition) is 2. The maximum atomic E-state index is 11.7. The molecule has 0 amide bonds. The van der Waals surface area contributed by atoms with E-state index in [1.54, 1.807) is 0 Å². The van der Waals surface area contributed by atoms with Crippen LogP contribution in [-0.4, -0.2) is 22.3 Å². The molecule has 3 fully saturated rings. The molecule has 3 aliphatic rings. The molecule has 3 saturated carbocycles. The van der Waals surface area contributed by atoms with E-state index in [4.69, 9.17) is 0 Å². The molecular formula is C13H20O3. The fraction of sp³-hybridized carbons (Fsp3) is 0.923. The van der Waals surface area contributed by atoms with Gasteiger partial charge >= 0.3 is 5.97 Å². The maximum Gasteiger partial charge on any atom is 0.310 e. The molecule has 0 spiro atoms. The summed E-state index contributed by atoms with van der Waals surface area (Å²) >= 11 is 0. The van der Waals surface area contributed by atoms with E-state index in [0.717, 1.165) is 38.5 Å². The monoisotopic (exact) mass is 224 g/mol. The molecule has 3 heteroatoms. The van der Waals surface area contributed by atoms with Crippen molar-refractivity contribution in [2.45, 2.75) is 51.0 Å². The highest BCUT2D eigenvalue weighted by Gasteiger charge is 2.61. The third kappa shape index (κ3) is 1.21. The SMILES string of the molecule is O=C(O)C1(C2CCCC2O)CC2CCC1C2. The molecule has 0 aromatic heterocycles. The lowest BCUT2D eigenvalue weighted by Gasteiger charge is -2.40. The first-order valence-corrected chi connectivity index (χ1v) is 6.56. The van der Waals surface area contributed by atoms with Crippen molar-refractivity contribution < 1.29 is 15.0 Å². The highest BCUT2D eigenvalue weighted by atomic mass is 16.4. The molecule has 3 rings (SSSR count). The first-order chi connectivity index (χ1) is 7.64. The molecule has 0 aromatic carbocycles. The minimum absolute atomic E-state index is 0.0281. The van der Waals surface area contributed by atoms with E-state index in [9.17, 15) is 15.0 Å². The summed E-state index contributed by atoms with van der Waals surface area (Å²) in [5, 5.41) is 19.7. The number of aliphatic hydroxyl groups excluding tert-OH is 1. The standard InChI is InChI=1S/C13H20O3/c14-11-3-1-2-10(11)13(12(15)16)7-8-4-5-9(13)6-8/h8-11,14H,1-7H2,(H,15,16). The van der Waals surface area contributed by atoms with Gasteiger partial charge in [0, 0.05) is 5.92 Å². The number of carbonyl (C=O) groups is 1. The summed E-state index contributed by atoms with van der Waals surface area (Å²) in [6.45, 7) is 0. The minimum atomic E-state index is -0.634. The first-order valence-electron chi connectivity index (χ1n) is 6.56. The molecule has 2 N–H and O–H groups in total. The van der Waals surface area contributed by atoms with Gasteiger partial charge in [-0.15, -0.1) is 0 Å². The summed E-state index contributed by atoms with van der Waals surface area (Å²) in [6, 6.07) is 0. The maximum absolute atomic E-state index is 11.7. The summed E-state index contributed by atoms with van der Waals surface area (Å²) < 4.78 is 0. The van der Waals surface area contributed by atoms with Crippen LogP contribution in [0.4, 0.5) is 0 Å². The quantitative estimate of drug-likeness (QED) is 0.754. The third-order valence-electron chi connectivity index (χ3n) is 5.44. The van der Waals surface area contributed by atoms with Crippen LogP contribution in [-0.2, 0) is 4.79 Å². The Labute approximate surface area is 95.9 Å². The largest absolute Gasteiger partial charge is 0.481 e. The smallest absolute Gasteiger partial charge is 0.310 e. The number of rotatable bonds is 2. The molecule has 0 saturated heterocycles. The van der Waals surface area contributed by atoms with Gasteiger partial charge in [-0.2, -0.15) is 0 Å². The topological polar surface area (TPSA) is 57.5 Å². The van der Waals surface area contributed by atoms with Gasteiger partial charge in [0.1, 0.15) is 0 Å². The fourth-order valence-corrected chi connectivity index (χ4v) is 4.79. The summed E-state index contributed by atoms with van der Waals surface area (Å²) in [5.74, 6) is 0.354. The van der Waals surface area contributed by atoms with Crippen molar-refractivity contribution >= 4 is 5.97 Å². The third-order valence-corrected chi connectivity index (χ3v) is 5.44. The molecule has 0 radical (unpaired) electrons. The lowest BCUT2D eigenvalue weighted by molar-refractivity contribution is -0.160. The van der Waals surface area contributed by atoms with E-state index >= 15 is 0 Å². The van der Waals surface area contributed by atoms with Gasteiger partial charge in [-0.25, -0.2) is 0 Å². The van der Waals surface area contributed by atoms with Gasteiger partial charge in [-0.05, 0) is 43.9 Å². The number of carboxylic acid groups (broad SMARTS) is 1. The van der Waals surface area contributed by atoms with Gasteiger partial charge in [0.05, 0.1) is 11.5 Å². The average Bonchev–Trinajstić information content (AvgIpc) is 2.90. The summed E-state index contributed by atoms with van der Waals surface area (Å²) in [6.07, 6.45) is 6.55. The van der Waals surface area contributed by atoms with Crippen molar-refractivity contribution in [2.75, 3.05) is 0 Å². The Morgan fingerprint density at radius 2 is 2.00 bits per heavy atom. The van der Waals surface area contributed by atoms with Crippen molar-refractivity contribution in [1.82, 2.24) is 0 Å². The van der Waals surface area contributed by atoms with Crippen LogP contribution in [0.15, 0.2) is 0 Å². The molecule has 3 aliphatic carbocycles. The molecule has 5 atom stereocenters. The van der Waals surface area contributed by atoms with Gasteiger partial charge in [-0.1, -0.05) is 12.8 Å². The molecule has 0 aromatic rings. The van der Waals surface area contributed by atoms with E-state index in [2.05, 4.69) is 0 Å². The van der Waals surface area contributed by atoms with Crippen LogP contribution in [0.2, 0.25) is 0 Å². The van der Waals surface area contributed by atoms with Gasteiger partial charge < -0.3 is 10.2 Å². The number of aliphatic carboxylic acids is 1. The second kappa shape index (κ2) is 3.46. The number of aliphatic hydroxyl groups is 1. The number of carboxylic acids is 1. The fourth-order valence-electron chi connectivity index (χ4n) is 4.79. The zero-order chi connectivity index (χ0) is 11.3. The second-order valence-corrected chi connectivity index (χ2v) is 6.03. The van der Waals surface area contributed by atoms with Crippen molar-refractivity contribution in [3.63, 3.8) is 0 Å². The molecule has 3 nitrogen and oxygen atoms in total. The molecule has 0 aliphatic heterocycles. The van der Waals surface area contributed by atoms with Crippen LogP contribution >= 0.6 is 0 Å².